The summed E-state index contributed by atoms with van der Waals surface area (Å²) in [6.45, 7) is 0.400. The average molecular weight is 276 g/mol. The van der Waals surface area contributed by atoms with E-state index < -0.39 is 0 Å². The highest BCUT2D eigenvalue weighted by Crippen LogP contribution is 2.44. The lowest BCUT2D eigenvalue weighted by Crippen LogP contribution is -2.02. The van der Waals surface area contributed by atoms with E-state index >= 15 is 0 Å². The fraction of sp³-hybridized carbons (Fsp3) is 0.400. The maximum absolute atomic E-state index is 5.61. The van der Waals surface area contributed by atoms with Crippen LogP contribution < -0.4 is 19.9 Å². The van der Waals surface area contributed by atoms with Crippen LogP contribution in [0.4, 0.5) is 0 Å². The number of benzene rings is 1. The number of ether oxygens (including phenoxy) is 3. The van der Waals surface area contributed by atoms with E-state index in [0.29, 0.717) is 23.8 Å². The van der Waals surface area contributed by atoms with Crippen molar-refractivity contribution >= 4 is 15.9 Å². The Balaban J connectivity index is 3.43. The van der Waals surface area contributed by atoms with Crippen LogP contribution in [0.1, 0.15) is 5.56 Å². The Morgan fingerprint density at radius 3 is 2.13 bits per heavy atom. The molecule has 1 aromatic rings. The number of methoxy groups -OCH3 is 3. The topological polar surface area (TPSA) is 53.7 Å². The minimum Gasteiger partial charge on any atom is -0.493 e. The summed E-state index contributed by atoms with van der Waals surface area (Å²) in [5.41, 5.74) is 6.51. The Bertz CT molecular complexity index is 355. The van der Waals surface area contributed by atoms with Crippen LogP contribution >= 0.6 is 15.9 Å². The van der Waals surface area contributed by atoms with Crippen molar-refractivity contribution in [2.24, 2.45) is 5.73 Å². The molecule has 5 heteroatoms. The van der Waals surface area contributed by atoms with E-state index in [0.717, 1.165) is 10.0 Å². The maximum Gasteiger partial charge on any atom is 0.204 e. The van der Waals surface area contributed by atoms with Crippen LogP contribution in [0.3, 0.4) is 0 Å². The summed E-state index contributed by atoms with van der Waals surface area (Å²) >= 11 is 3.42. The molecule has 0 aliphatic heterocycles. The minimum atomic E-state index is 0.400. The van der Waals surface area contributed by atoms with E-state index in [2.05, 4.69) is 15.9 Å². The van der Waals surface area contributed by atoms with E-state index in [4.69, 9.17) is 19.9 Å². The van der Waals surface area contributed by atoms with Gasteiger partial charge in [0.2, 0.25) is 5.75 Å². The van der Waals surface area contributed by atoms with Crippen molar-refractivity contribution in [2.75, 3.05) is 21.3 Å². The third-order valence-electron chi connectivity index (χ3n) is 2.06. The van der Waals surface area contributed by atoms with Crippen molar-refractivity contribution in [3.05, 3.63) is 16.1 Å². The van der Waals surface area contributed by atoms with Crippen molar-refractivity contribution in [1.82, 2.24) is 0 Å². The van der Waals surface area contributed by atoms with Gasteiger partial charge in [-0.3, -0.25) is 0 Å². The van der Waals surface area contributed by atoms with Crippen LogP contribution in [0.25, 0.3) is 0 Å². The highest BCUT2D eigenvalue weighted by molar-refractivity contribution is 9.10. The second-order valence-corrected chi connectivity index (χ2v) is 3.62. The fourth-order valence-electron chi connectivity index (χ4n) is 1.32. The van der Waals surface area contributed by atoms with Crippen molar-refractivity contribution in [2.45, 2.75) is 6.54 Å². The van der Waals surface area contributed by atoms with Crippen molar-refractivity contribution in [3.8, 4) is 17.2 Å². The first-order chi connectivity index (χ1) is 7.19. The molecule has 0 atom stereocenters. The van der Waals surface area contributed by atoms with Gasteiger partial charge in [0.25, 0.3) is 0 Å². The first kappa shape index (κ1) is 12.1. The van der Waals surface area contributed by atoms with Crippen LogP contribution in [-0.2, 0) is 6.54 Å². The van der Waals surface area contributed by atoms with Gasteiger partial charge in [0.05, 0.1) is 25.8 Å². The van der Waals surface area contributed by atoms with Gasteiger partial charge < -0.3 is 19.9 Å². The predicted molar refractivity (Wildman–Crippen MR) is 61.7 cm³/mol. The molecule has 1 rings (SSSR count). The number of nitrogens with two attached hydrogens (primary N) is 1. The Morgan fingerprint density at radius 1 is 1.13 bits per heavy atom. The lowest BCUT2D eigenvalue weighted by Gasteiger charge is -2.15. The van der Waals surface area contributed by atoms with Gasteiger partial charge in [0.1, 0.15) is 0 Å². The van der Waals surface area contributed by atoms with Gasteiger partial charge in [-0.1, -0.05) is 0 Å². The van der Waals surface area contributed by atoms with Crippen LogP contribution in [0.2, 0.25) is 0 Å². The SMILES string of the molecule is COc1cc(CN)c(Br)c(OC)c1OC. The third-order valence-corrected chi connectivity index (χ3v) is 2.93. The molecule has 0 amide bonds. The van der Waals surface area contributed by atoms with Crippen molar-refractivity contribution < 1.29 is 14.2 Å². The Morgan fingerprint density at radius 2 is 1.73 bits per heavy atom. The molecule has 1 aromatic carbocycles. The molecule has 84 valence electrons. The summed E-state index contributed by atoms with van der Waals surface area (Å²) < 4.78 is 16.5. The van der Waals surface area contributed by atoms with Gasteiger partial charge in [0.15, 0.2) is 11.5 Å². The normalized spacial score (nSPS) is 9.93. The molecule has 0 fully saturated rings. The monoisotopic (exact) mass is 275 g/mol. The molecular weight excluding hydrogens is 262 g/mol. The van der Waals surface area contributed by atoms with Crippen molar-refractivity contribution in [1.29, 1.82) is 0 Å². The molecule has 0 saturated carbocycles. The van der Waals surface area contributed by atoms with Crippen LogP contribution in [0, 0.1) is 0 Å². The van der Waals surface area contributed by atoms with Gasteiger partial charge in [-0.25, -0.2) is 0 Å². The van der Waals surface area contributed by atoms with Gasteiger partial charge in [-0.15, -0.1) is 0 Å². The molecule has 0 unspecified atom stereocenters. The zero-order chi connectivity index (χ0) is 11.4. The molecule has 0 radical (unpaired) electrons. The van der Waals surface area contributed by atoms with Crippen LogP contribution in [0.15, 0.2) is 10.5 Å². The van der Waals surface area contributed by atoms with Gasteiger partial charge in [-0.2, -0.15) is 0 Å². The largest absolute Gasteiger partial charge is 0.493 e. The highest BCUT2D eigenvalue weighted by atomic mass is 79.9. The van der Waals surface area contributed by atoms with Gasteiger partial charge in [-0.05, 0) is 27.6 Å². The lowest BCUT2D eigenvalue weighted by molar-refractivity contribution is 0.322. The molecule has 0 heterocycles. The number of hydrogen-bond acceptors (Lipinski definition) is 4. The molecule has 0 spiro atoms. The van der Waals surface area contributed by atoms with E-state index in [1.54, 1.807) is 21.3 Å². The second kappa shape index (κ2) is 5.23. The Labute approximate surface area is 97.4 Å². The first-order valence-electron chi connectivity index (χ1n) is 4.37. The minimum absolute atomic E-state index is 0.400. The molecule has 0 aliphatic carbocycles. The predicted octanol–water partition coefficient (Wildman–Crippen LogP) is 1.93. The Kier molecular flexibility index (Phi) is 4.23. The summed E-state index contributed by atoms with van der Waals surface area (Å²) in [6.07, 6.45) is 0. The third kappa shape index (κ3) is 2.18. The van der Waals surface area contributed by atoms with E-state index in [-0.39, 0.29) is 0 Å². The molecule has 4 nitrogen and oxygen atoms in total. The second-order valence-electron chi connectivity index (χ2n) is 2.82. The summed E-state index contributed by atoms with van der Waals surface area (Å²) in [4.78, 5) is 0. The van der Waals surface area contributed by atoms with E-state index in [9.17, 15) is 0 Å². The standard InChI is InChI=1S/C10H14BrNO3/c1-13-7-4-6(5-12)8(11)10(15-3)9(7)14-2/h4H,5,12H2,1-3H3. The van der Waals surface area contributed by atoms with Gasteiger partial charge in [0, 0.05) is 6.54 Å². The number of hydrogen-bond donors (Lipinski definition) is 1. The van der Waals surface area contributed by atoms with E-state index in [1.165, 1.54) is 0 Å². The highest BCUT2D eigenvalue weighted by Gasteiger charge is 2.17. The number of halogens is 1. The maximum atomic E-state index is 5.61. The molecule has 2 N–H and O–H groups in total. The summed E-state index contributed by atoms with van der Waals surface area (Å²) in [6, 6.07) is 1.82. The molecule has 0 saturated heterocycles. The molecule has 0 bridgehead atoms. The van der Waals surface area contributed by atoms with Crippen LogP contribution in [-0.4, -0.2) is 21.3 Å². The lowest BCUT2D eigenvalue weighted by atomic mass is 10.2. The molecule has 15 heavy (non-hydrogen) atoms. The number of rotatable bonds is 4. The zero-order valence-electron chi connectivity index (χ0n) is 8.96. The smallest absolute Gasteiger partial charge is 0.204 e. The summed E-state index contributed by atoms with van der Waals surface area (Å²) in [7, 11) is 4.71. The summed E-state index contributed by atoms with van der Waals surface area (Å²) in [5, 5.41) is 0. The quantitative estimate of drug-likeness (QED) is 0.913. The molecule has 0 aliphatic rings. The van der Waals surface area contributed by atoms with Crippen LogP contribution in [0.5, 0.6) is 17.2 Å². The van der Waals surface area contributed by atoms with E-state index in [1.807, 2.05) is 6.07 Å². The molecule has 0 aromatic heterocycles. The average Bonchev–Trinajstić information content (AvgIpc) is 2.28. The van der Waals surface area contributed by atoms with Gasteiger partial charge >= 0.3 is 0 Å². The first-order valence-corrected chi connectivity index (χ1v) is 5.16. The molecular formula is C10H14BrNO3. The zero-order valence-corrected chi connectivity index (χ0v) is 10.6. The fourth-order valence-corrected chi connectivity index (χ4v) is 1.94. The summed E-state index contributed by atoms with van der Waals surface area (Å²) in [5.74, 6) is 1.76. The van der Waals surface area contributed by atoms with Crippen molar-refractivity contribution in [3.63, 3.8) is 0 Å². The Hall–Kier alpha value is -0.940.